The van der Waals surface area contributed by atoms with Crippen molar-refractivity contribution in [3.8, 4) is 11.3 Å². The molecule has 0 saturated carbocycles. The van der Waals surface area contributed by atoms with Crippen LogP contribution in [0.1, 0.15) is 21.6 Å². The van der Waals surface area contributed by atoms with Crippen molar-refractivity contribution in [3.05, 3.63) is 95.7 Å². The molecule has 4 rings (SSSR count). The molecule has 0 aliphatic carbocycles. The van der Waals surface area contributed by atoms with Gasteiger partial charge in [0.2, 0.25) is 0 Å². The summed E-state index contributed by atoms with van der Waals surface area (Å²) in [6.45, 7) is 0.783. The first-order valence-electron chi connectivity index (χ1n) is 8.82. The van der Waals surface area contributed by atoms with E-state index in [1.807, 2.05) is 22.9 Å². The van der Waals surface area contributed by atoms with Crippen LogP contribution in [0.2, 0.25) is 0 Å². The minimum atomic E-state index is -0.743. The van der Waals surface area contributed by atoms with Gasteiger partial charge in [0.1, 0.15) is 17.3 Å². The van der Waals surface area contributed by atoms with Gasteiger partial charge in [-0.3, -0.25) is 4.79 Å². The van der Waals surface area contributed by atoms with E-state index in [4.69, 9.17) is 4.52 Å². The summed E-state index contributed by atoms with van der Waals surface area (Å²) in [7, 11) is 0. The van der Waals surface area contributed by atoms with Gasteiger partial charge < -0.3 is 14.4 Å². The van der Waals surface area contributed by atoms with E-state index in [2.05, 4.69) is 15.5 Å². The lowest BCUT2D eigenvalue weighted by atomic mass is 10.1. The Morgan fingerprint density at radius 3 is 2.66 bits per heavy atom. The van der Waals surface area contributed by atoms with Gasteiger partial charge in [-0.25, -0.2) is 13.8 Å². The molecule has 0 bridgehead atoms. The third kappa shape index (κ3) is 4.37. The molecule has 0 spiro atoms. The highest BCUT2D eigenvalue weighted by Gasteiger charge is 2.13. The third-order valence-corrected chi connectivity index (χ3v) is 4.33. The lowest BCUT2D eigenvalue weighted by molar-refractivity contribution is 0.0950. The van der Waals surface area contributed by atoms with Crippen molar-refractivity contribution in [2.75, 3.05) is 0 Å². The van der Waals surface area contributed by atoms with E-state index < -0.39 is 11.6 Å². The summed E-state index contributed by atoms with van der Waals surface area (Å²) < 4.78 is 33.9. The summed E-state index contributed by atoms with van der Waals surface area (Å²) in [5.74, 6) is -1.52. The molecular formula is C21H16F2N4O2. The number of carbonyl (C=O) groups is 1. The lowest BCUT2D eigenvalue weighted by Gasteiger charge is -2.05. The Morgan fingerprint density at radius 2 is 1.93 bits per heavy atom. The molecule has 0 saturated heterocycles. The summed E-state index contributed by atoms with van der Waals surface area (Å²) in [5, 5.41) is 6.56. The first-order valence-corrected chi connectivity index (χ1v) is 8.82. The number of nitrogens with zero attached hydrogens (tertiary/aromatic N) is 3. The molecule has 0 fully saturated rings. The topological polar surface area (TPSA) is 73.0 Å². The summed E-state index contributed by atoms with van der Waals surface area (Å²) >= 11 is 0. The second-order valence-electron chi connectivity index (χ2n) is 6.42. The number of rotatable bonds is 6. The van der Waals surface area contributed by atoms with Crippen molar-refractivity contribution in [2.24, 2.45) is 0 Å². The normalized spacial score (nSPS) is 10.8. The Hall–Kier alpha value is -3.81. The minimum absolute atomic E-state index is 0.102. The standard InChI is InChI=1S/C21H16F2N4O2/c22-16-5-6-18(19(23)9-16)20-10-17(26-29-20)11-25-21(28)15-3-1-14(2-4-15)12-27-8-7-24-13-27/h1-10,13H,11-12H2,(H,25,28). The number of imidazole rings is 1. The van der Waals surface area contributed by atoms with Crippen LogP contribution in [0.5, 0.6) is 0 Å². The highest BCUT2D eigenvalue weighted by Crippen LogP contribution is 2.24. The van der Waals surface area contributed by atoms with Gasteiger partial charge in [-0.15, -0.1) is 0 Å². The number of hydrogen-bond acceptors (Lipinski definition) is 4. The Morgan fingerprint density at radius 1 is 1.10 bits per heavy atom. The molecule has 1 amide bonds. The molecule has 6 nitrogen and oxygen atoms in total. The molecule has 0 aliphatic rings. The third-order valence-electron chi connectivity index (χ3n) is 4.33. The largest absolute Gasteiger partial charge is 0.356 e. The second-order valence-corrected chi connectivity index (χ2v) is 6.42. The molecule has 8 heteroatoms. The van der Waals surface area contributed by atoms with E-state index >= 15 is 0 Å². The number of aromatic nitrogens is 3. The zero-order valence-corrected chi connectivity index (χ0v) is 15.2. The van der Waals surface area contributed by atoms with Crippen molar-refractivity contribution >= 4 is 5.91 Å². The van der Waals surface area contributed by atoms with E-state index in [9.17, 15) is 13.6 Å². The van der Waals surface area contributed by atoms with Crippen LogP contribution in [0.4, 0.5) is 8.78 Å². The first kappa shape index (κ1) is 18.5. The zero-order valence-electron chi connectivity index (χ0n) is 15.2. The molecule has 146 valence electrons. The van der Waals surface area contributed by atoms with Crippen molar-refractivity contribution in [1.29, 1.82) is 0 Å². The fourth-order valence-corrected chi connectivity index (χ4v) is 2.84. The first-order chi connectivity index (χ1) is 14.1. The highest BCUT2D eigenvalue weighted by molar-refractivity contribution is 5.94. The Kier molecular flexibility index (Phi) is 5.15. The van der Waals surface area contributed by atoms with E-state index in [1.54, 1.807) is 24.7 Å². The SMILES string of the molecule is O=C(NCc1cc(-c2ccc(F)cc2F)on1)c1ccc(Cn2ccnc2)cc1. The van der Waals surface area contributed by atoms with E-state index in [0.29, 0.717) is 17.8 Å². The molecule has 0 atom stereocenters. The van der Waals surface area contributed by atoms with E-state index in [0.717, 1.165) is 17.7 Å². The molecule has 29 heavy (non-hydrogen) atoms. The quantitative estimate of drug-likeness (QED) is 0.540. The van der Waals surface area contributed by atoms with Crippen LogP contribution in [0.15, 0.2) is 71.8 Å². The van der Waals surface area contributed by atoms with Crippen LogP contribution in [0.3, 0.4) is 0 Å². The van der Waals surface area contributed by atoms with Gasteiger partial charge in [0.25, 0.3) is 5.91 Å². The maximum atomic E-state index is 13.8. The van der Waals surface area contributed by atoms with Crippen molar-refractivity contribution < 1.29 is 18.1 Å². The van der Waals surface area contributed by atoms with Crippen LogP contribution in [0.25, 0.3) is 11.3 Å². The predicted molar refractivity (Wildman–Crippen MR) is 101 cm³/mol. The molecule has 4 aromatic rings. The van der Waals surface area contributed by atoms with Crippen LogP contribution < -0.4 is 5.32 Å². The Bertz CT molecular complexity index is 1120. The van der Waals surface area contributed by atoms with Gasteiger partial charge in [0, 0.05) is 36.6 Å². The van der Waals surface area contributed by atoms with Gasteiger partial charge in [-0.2, -0.15) is 0 Å². The van der Waals surface area contributed by atoms with Crippen LogP contribution in [0, 0.1) is 11.6 Å². The van der Waals surface area contributed by atoms with Gasteiger partial charge in [0.05, 0.1) is 18.4 Å². The summed E-state index contributed by atoms with van der Waals surface area (Å²) in [6, 6.07) is 11.9. The highest BCUT2D eigenvalue weighted by atomic mass is 19.1. The monoisotopic (exact) mass is 394 g/mol. The van der Waals surface area contributed by atoms with E-state index in [1.165, 1.54) is 12.1 Å². The van der Waals surface area contributed by atoms with E-state index in [-0.39, 0.29) is 23.8 Å². The van der Waals surface area contributed by atoms with Gasteiger partial charge in [-0.1, -0.05) is 17.3 Å². The fourth-order valence-electron chi connectivity index (χ4n) is 2.84. The zero-order chi connectivity index (χ0) is 20.2. The predicted octanol–water partition coefficient (Wildman–Crippen LogP) is 3.79. The summed E-state index contributed by atoms with van der Waals surface area (Å²) in [4.78, 5) is 16.3. The number of nitrogens with one attached hydrogen (secondary N) is 1. The number of halogens is 2. The maximum absolute atomic E-state index is 13.8. The van der Waals surface area contributed by atoms with Crippen LogP contribution in [-0.4, -0.2) is 20.6 Å². The molecule has 0 unspecified atom stereocenters. The molecule has 2 aromatic heterocycles. The second kappa shape index (κ2) is 8.05. The fraction of sp³-hybridized carbons (Fsp3) is 0.0952. The minimum Gasteiger partial charge on any atom is -0.356 e. The Labute approximate surface area is 164 Å². The molecule has 0 aliphatic heterocycles. The molecule has 1 N–H and O–H groups in total. The average Bonchev–Trinajstić information content (AvgIpc) is 3.39. The van der Waals surface area contributed by atoms with Crippen molar-refractivity contribution in [3.63, 3.8) is 0 Å². The Balaban J connectivity index is 1.36. The van der Waals surface area contributed by atoms with Gasteiger partial charge in [0.15, 0.2) is 5.76 Å². The molecule has 2 aromatic carbocycles. The summed E-state index contributed by atoms with van der Waals surface area (Å²) in [6.07, 6.45) is 5.30. The van der Waals surface area contributed by atoms with Gasteiger partial charge >= 0.3 is 0 Å². The number of benzene rings is 2. The smallest absolute Gasteiger partial charge is 0.251 e. The maximum Gasteiger partial charge on any atom is 0.251 e. The molecular weight excluding hydrogens is 378 g/mol. The van der Waals surface area contributed by atoms with Gasteiger partial charge in [-0.05, 0) is 29.8 Å². The van der Waals surface area contributed by atoms with Crippen LogP contribution in [-0.2, 0) is 13.1 Å². The van der Waals surface area contributed by atoms with Crippen LogP contribution >= 0.6 is 0 Å². The lowest BCUT2D eigenvalue weighted by Crippen LogP contribution is -2.22. The molecule has 2 heterocycles. The number of hydrogen-bond donors (Lipinski definition) is 1. The average molecular weight is 394 g/mol. The number of amides is 1. The molecule has 0 radical (unpaired) electrons. The summed E-state index contributed by atoms with van der Waals surface area (Å²) in [5.41, 5.74) is 2.08. The van der Waals surface area contributed by atoms with Crippen molar-refractivity contribution in [2.45, 2.75) is 13.1 Å². The number of carbonyl (C=O) groups excluding carboxylic acids is 1. The van der Waals surface area contributed by atoms with Crippen molar-refractivity contribution in [1.82, 2.24) is 20.0 Å².